The van der Waals surface area contributed by atoms with Crippen molar-refractivity contribution in [3.8, 4) is 16.9 Å². The van der Waals surface area contributed by atoms with E-state index in [4.69, 9.17) is 0 Å². The Bertz CT molecular complexity index is 1500. The topological polar surface area (TPSA) is 77.6 Å². The number of halogens is 3. The predicted octanol–water partition coefficient (Wildman–Crippen LogP) is 5.09. The van der Waals surface area contributed by atoms with Crippen molar-refractivity contribution in [2.24, 2.45) is 7.05 Å². The molecule has 3 heterocycles. The average molecular weight is 462 g/mol. The molecule has 0 aliphatic carbocycles. The predicted molar refractivity (Wildman–Crippen MR) is 120 cm³/mol. The molecular formula is C24H17F3N6O. The molecule has 0 fully saturated rings. The van der Waals surface area contributed by atoms with E-state index in [-0.39, 0.29) is 16.8 Å². The van der Waals surface area contributed by atoms with E-state index in [0.29, 0.717) is 22.5 Å². The van der Waals surface area contributed by atoms with Gasteiger partial charge in [-0.1, -0.05) is 18.2 Å². The van der Waals surface area contributed by atoms with Gasteiger partial charge in [0.05, 0.1) is 16.9 Å². The molecule has 0 spiro atoms. The first-order valence-electron chi connectivity index (χ1n) is 10.2. The zero-order valence-corrected chi connectivity index (χ0v) is 17.8. The SMILES string of the molecule is Cn1ccc(-c2cc(C(=O)Nc3c4ncccc4nn3-c3ccccc3)ccc2C(F)(F)F)n1. The normalized spacial score (nSPS) is 11.6. The number of rotatable bonds is 4. The van der Waals surface area contributed by atoms with Gasteiger partial charge in [0.1, 0.15) is 11.0 Å². The molecule has 2 aromatic carbocycles. The smallest absolute Gasteiger partial charge is 0.305 e. The Morgan fingerprint density at radius 2 is 1.76 bits per heavy atom. The highest BCUT2D eigenvalue weighted by Crippen LogP contribution is 2.37. The van der Waals surface area contributed by atoms with Gasteiger partial charge in [0.25, 0.3) is 5.91 Å². The van der Waals surface area contributed by atoms with E-state index < -0.39 is 17.6 Å². The summed E-state index contributed by atoms with van der Waals surface area (Å²) in [4.78, 5) is 17.5. The summed E-state index contributed by atoms with van der Waals surface area (Å²) in [6.45, 7) is 0. The number of aromatic nitrogens is 5. The van der Waals surface area contributed by atoms with E-state index in [0.717, 1.165) is 12.1 Å². The standard InChI is InChI=1S/C24H17F3N6O/c1-32-13-11-19(30-32)17-14-15(9-10-18(17)24(25,26)27)23(34)29-22-21-20(8-5-12-28-21)31-33(22)16-6-3-2-4-7-16/h2-14H,1H3,(H,29,34). The van der Waals surface area contributed by atoms with Crippen LogP contribution in [0, 0.1) is 0 Å². The van der Waals surface area contributed by atoms with E-state index in [9.17, 15) is 18.0 Å². The van der Waals surface area contributed by atoms with Crippen molar-refractivity contribution >= 4 is 22.8 Å². The lowest BCUT2D eigenvalue weighted by molar-refractivity contribution is -0.137. The van der Waals surface area contributed by atoms with Crippen LogP contribution in [-0.2, 0) is 13.2 Å². The molecule has 1 amide bonds. The Morgan fingerprint density at radius 1 is 0.971 bits per heavy atom. The van der Waals surface area contributed by atoms with E-state index in [1.807, 2.05) is 30.3 Å². The number of pyridine rings is 1. The van der Waals surface area contributed by atoms with Crippen molar-refractivity contribution in [2.45, 2.75) is 6.18 Å². The van der Waals surface area contributed by atoms with Gasteiger partial charge in [-0.05, 0) is 48.5 Å². The number of benzene rings is 2. The number of hydrogen-bond acceptors (Lipinski definition) is 4. The van der Waals surface area contributed by atoms with Gasteiger partial charge in [0, 0.05) is 30.6 Å². The number of para-hydroxylation sites is 1. The first-order chi connectivity index (χ1) is 16.3. The van der Waals surface area contributed by atoms with Crippen LogP contribution in [0.4, 0.5) is 19.0 Å². The van der Waals surface area contributed by atoms with Crippen LogP contribution >= 0.6 is 0 Å². The Labute approximate surface area is 191 Å². The zero-order valence-electron chi connectivity index (χ0n) is 17.8. The van der Waals surface area contributed by atoms with Crippen molar-refractivity contribution in [3.63, 3.8) is 0 Å². The van der Waals surface area contributed by atoms with Crippen LogP contribution in [0.1, 0.15) is 15.9 Å². The molecule has 170 valence electrons. The molecule has 0 aliphatic rings. The summed E-state index contributed by atoms with van der Waals surface area (Å²) >= 11 is 0. The summed E-state index contributed by atoms with van der Waals surface area (Å²) in [5.41, 5.74) is 0.811. The zero-order chi connectivity index (χ0) is 23.9. The van der Waals surface area contributed by atoms with Crippen molar-refractivity contribution in [3.05, 3.63) is 90.3 Å². The minimum absolute atomic E-state index is 0.0403. The summed E-state index contributed by atoms with van der Waals surface area (Å²) < 4.78 is 43.9. The lowest BCUT2D eigenvalue weighted by Crippen LogP contribution is -2.17. The van der Waals surface area contributed by atoms with Crippen LogP contribution < -0.4 is 5.32 Å². The van der Waals surface area contributed by atoms with Crippen molar-refractivity contribution in [1.82, 2.24) is 24.5 Å². The molecule has 0 saturated carbocycles. The van der Waals surface area contributed by atoms with Crippen LogP contribution in [0.25, 0.3) is 28.0 Å². The molecule has 7 nitrogen and oxygen atoms in total. The first kappa shape index (κ1) is 21.4. The molecule has 0 unspecified atom stereocenters. The van der Waals surface area contributed by atoms with Gasteiger partial charge in [-0.3, -0.25) is 14.5 Å². The Balaban J connectivity index is 1.58. The highest BCUT2D eigenvalue weighted by Gasteiger charge is 2.34. The van der Waals surface area contributed by atoms with Crippen molar-refractivity contribution in [1.29, 1.82) is 0 Å². The maximum atomic E-state index is 13.6. The van der Waals surface area contributed by atoms with E-state index in [1.54, 1.807) is 36.3 Å². The van der Waals surface area contributed by atoms with Crippen molar-refractivity contribution in [2.75, 3.05) is 5.32 Å². The largest absolute Gasteiger partial charge is 0.417 e. The van der Waals surface area contributed by atoms with Crippen LogP contribution in [0.2, 0.25) is 0 Å². The second-order valence-electron chi connectivity index (χ2n) is 7.55. The molecule has 5 aromatic rings. The average Bonchev–Trinajstić information content (AvgIpc) is 3.42. The first-order valence-corrected chi connectivity index (χ1v) is 10.2. The number of alkyl halides is 3. The fourth-order valence-electron chi connectivity index (χ4n) is 3.67. The number of nitrogens with one attached hydrogen (secondary N) is 1. The number of fused-ring (bicyclic) bond motifs is 1. The quantitative estimate of drug-likeness (QED) is 0.404. The van der Waals surface area contributed by atoms with Crippen molar-refractivity contribution < 1.29 is 18.0 Å². The summed E-state index contributed by atoms with van der Waals surface area (Å²) in [5.74, 6) is -0.290. The molecule has 3 aromatic heterocycles. The fourth-order valence-corrected chi connectivity index (χ4v) is 3.67. The van der Waals surface area contributed by atoms with Crippen LogP contribution in [-0.4, -0.2) is 30.5 Å². The number of carbonyl (C=O) groups excluding carboxylic acids is 1. The second kappa shape index (κ2) is 8.14. The van der Waals surface area contributed by atoms with Crippen LogP contribution in [0.3, 0.4) is 0 Å². The Kier molecular flexibility index (Phi) is 5.12. The minimum Gasteiger partial charge on any atom is -0.305 e. The second-order valence-corrected chi connectivity index (χ2v) is 7.55. The number of carbonyl (C=O) groups is 1. The molecule has 0 saturated heterocycles. The molecule has 0 atom stereocenters. The molecular weight excluding hydrogens is 445 g/mol. The van der Waals surface area contributed by atoms with E-state index in [1.165, 1.54) is 16.8 Å². The maximum absolute atomic E-state index is 13.6. The summed E-state index contributed by atoms with van der Waals surface area (Å²) in [5, 5.41) is 11.4. The number of hydrogen-bond donors (Lipinski definition) is 1. The molecule has 5 rings (SSSR count). The number of anilines is 1. The highest BCUT2D eigenvalue weighted by atomic mass is 19.4. The maximum Gasteiger partial charge on any atom is 0.417 e. The van der Waals surface area contributed by atoms with Gasteiger partial charge in [0.15, 0.2) is 5.82 Å². The van der Waals surface area contributed by atoms with Crippen LogP contribution in [0.5, 0.6) is 0 Å². The summed E-state index contributed by atoms with van der Waals surface area (Å²) in [6, 6.07) is 17.3. The molecule has 0 radical (unpaired) electrons. The van der Waals surface area contributed by atoms with Gasteiger partial charge >= 0.3 is 6.18 Å². The molecule has 34 heavy (non-hydrogen) atoms. The van der Waals surface area contributed by atoms with Gasteiger partial charge in [-0.15, -0.1) is 0 Å². The third-order valence-electron chi connectivity index (χ3n) is 5.24. The minimum atomic E-state index is -4.60. The molecule has 10 heteroatoms. The lowest BCUT2D eigenvalue weighted by atomic mass is 10.0. The summed E-state index contributed by atoms with van der Waals surface area (Å²) in [7, 11) is 1.61. The van der Waals surface area contributed by atoms with Gasteiger partial charge in [-0.25, -0.2) is 4.68 Å². The number of amides is 1. The Morgan fingerprint density at radius 3 is 2.47 bits per heavy atom. The molecule has 0 aliphatic heterocycles. The molecule has 1 N–H and O–H groups in total. The Hall–Kier alpha value is -4.47. The summed E-state index contributed by atoms with van der Waals surface area (Å²) in [6.07, 6.45) is -1.49. The van der Waals surface area contributed by atoms with E-state index >= 15 is 0 Å². The van der Waals surface area contributed by atoms with Gasteiger partial charge in [0.2, 0.25) is 0 Å². The number of nitrogens with zero attached hydrogens (tertiary/aromatic N) is 5. The third kappa shape index (κ3) is 3.90. The van der Waals surface area contributed by atoms with Crippen LogP contribution in [0.15, 0.2) is 79.1 Å². The monoisotopic (exact) mass is 462 g/mol. The lowest BCUT2D eigenvalue weighted by Gasteiger charge is -2.14. The third-order valence-corrected chi connectivity index (χ3v) is 5.24. The van der Waals surface area contributed by atoms with E-state index in [2.05, 4.69) is 20.5 Å². The highest BCUT2D eigenvalue weighted by molar-refractivity contribution is 6.08. The van der Waals surface area contributed by atoms with Gasteiger partial charge < -0.3 is 5.32 Å². The fraction of sp³-hybridized carbons (Fsp3) is 0.0833. The van der Waals surface area contributed by atoms with Gasteiger partial charge in [-0.2, -0.15) is 23.4 Å². The molecule has 0 bridgehead atoms. The number of aryl methyl sites for hydroxylation is 1.